The van der Waals surface area contributed by atoms with Gasteiger partial charge in [0.05, 0.1) is 0 Å². The lowest BCUT2D eigenvalue weighted by Gasteiger charge is -2.43. The third kappa shape index (κ3) is 5.13. The Labute approximate surface area is 184 Å². The molecule has 1 saturated carbocycles. The molecule has 0 aromatic carbocycles. The van der Waals surface area contributed by atoms with Gasteiger partial charge in [-0.1, -0.05) is 40.0 Å². The number of fused-ring (bicyclic) bond motifs is 4. The number of likely N-dealkylation sites (tertiary alicyclic amines) is 1. The maximum absolute atomic E-state index is 13.1. The van der Waals surface area contributed by atoms with Crippen LogP contribution in [-0.4, -0.2) is 40.5 Å². The number of anilines is 1. The lowest BCUT2D eigenvalue weighted by Crippen LogP contribution is -2.50. The average molecular weight is 429 g/mol. The molecular weight excluding hydrogens is 392 g/mol. The molecule has 3 heterocycles. The summed E-state index contributed by atoms with van der Waals surface area (Å²) >= 11 is 0. The predicted molar refractivity (Wildman–Crippen MR) is 121 cm³/mol. The summed E-state index contributed by atoms with van der Waals surface area (Å²) < 4.78 is 1.82. The molecule has 1 aromatic heterocycles. The van der Waals surface area contributed by atoms with Gasteiger partial charge in [0.25, 0.3) is 5.56 Å². The summed E-state index contributed by atoms with van der Waals surface area (Å²) in [6.07, 6.45) is 7.07. The van der Waals surface area contributed by atoms with Crippen LogP contribution in [0.3, 0.4) is 0 Å². The number of amides is 3. The fraction of sp³-hybridized carbons (Fsp3) is 0.708. The molecule has 2 bridgehead atoms. The van der Waals surface area contributed by atoms with Gasteiger partial charge in [-0.15, -0.1) is 0 Å². The Morgan fingerprint density at radius 1 is 1.06 bits per heavy atom. The molecule has 31 heavy (non-hydrogen) atoms. The van der Waals surface area contributed by atoms with Gasteiger partial charge in [0.2, 0.25) is 5.91 Å². The van der Waals surface area contributed by atoms with E-state index >= 15 is 0 Å². The van der Waals surface area contributed by atoms with Crippen molar-refractivity contribution in [3.63, 3.8) is 0 Å². The van der Waals surface area contributed by atoms with Crippen molar-refractivity contribution >= 4 is 17.6 Å². The fourth-order valence-electron chi connectivity index (χ4n) is 5.40. The molecule has 3 amide bonds. The minimum atomic E-state index is -0.292. The number of hydrogen-bond acceptors (Lipinski definition) is 3. The molecule has 2 atom stereocenters. The smallest absolute Gasteiger partial charge is 0.319 e. The molecule has 3 aliphatic rings. The van der Waals surface area contributed by atoms with Gasteiger partial charge in [-0.2, -0.15) is 0 Å². The summed E-state index contributed by atoms with van der Waals surface area (Å²) in [5.74, 6) is 0.657. The molecule has 1 saturated heterocycles. The van der Waals surface area contributed by atoms with E-state index in [0.29, 0.717) is 31.7 Å². The number of urea groups is 1. The zero-order valence-corrected chi connectivity index (χ0v) is 19.1. The van der Waals surface area contributed by atoms with Crippen molar-refractivity contribution in [2.24, 2.45) is 11.3 Å². The van der Waals surface area contributed by atoms with Crippen molar-refractivity contribution in [2.45, 2.75) is 84.2 Å². The van der Waals surface area contributed by atoms with Crippen LogP contribution in [0, 0.1) is 11.3 Å². The highest BCUT2D eigenvalue weighted by Gasteiger charge is 2.37. The summed E-state index contributed by atoms with van der Waals surface area (Å²) in [6.45, 7) is 8.23. The first kappa shape index (κ1) is 21.9. The minimum Gasteiger partial charge on any atom is -0.342 e. The Kier molecular flexibility index (Phi) is 6.13. The van der Waals surface area contributed by atoms with Crippen LogP contribution in [0.1, 0.15) is 77.3 Å². The number of piperidine rings is 1. The summed E-state index contributed by atoms with van der Waals surface area (Å²) in [7, 11) is 0. The Morgan fingerprint density at radius 3 is 2.52 bits per heavy atom. The van der Waals surface area contributed by atoms with Crippen LogP contribution >= 0.6 is 0 Å². The van der Waals surface area contributed by atoms with Crippen LogP contribution in [0.15, 0.2) is 16.9 Å². The first-order valence-electron chi connectivity index (χ1n) is 11.8. The van der Waals surface area contributed by atoms with Gasteiger partial charge < -0.3 is 20.1 Å². The van der Waals surface area contributed by atoms with Crippen LogP contribution in [0.4, 0.5) is 10.5 Å². The maximum Gasteiger partial charge on any atom is 0.319 e. The second-order valence-electron chi connectivity index (χ2n) is 10.9. The first-order valence-corrected chi connectivity index (χ1v) is 11.8. The van der Waals surface area contributed by atoms with E-state index in [1.807, 2.05) is 15.5 Å². The topological polar surface area (TPSA) is 83.4 Å². The van der Waals surface area contributed by atoms with Gasteiger partial charge in [0.15, 0.2) is 0 Å². The summed E-state index contributed by atoms with van der Waals surface area (Å²) in [6, 6.07) is 3.59. The highest BCUT2D eigenvalue weighted by atomic mass is 16.2. The van der Waals surface area contributed by atoms with Crippen LogP contribution in [-0.2, 0) is 11.3 Å². The van der Waals surface area contributed by atoms with Gasteiger partial charge >= 0.3 is 6.03 Å². The monoisotopic (exact) mass is 428 g/mol. The molecule has 1 aromatic rings. The van der Waals surface area contributed by atoms with E-state index < -0.39 is 0 Å². The van der Waals surface area contributed by atoms with Crippen molar-refractivity contribution in [2.75, 3.05) is 18.4 Å². The molecule has 2 fully saturated rings. The highest BCUT2D eigenvalue weighted by molar-refractivity contribution is 5.89. The lowest BCUT2D eigenvalue weighted by atomic mass is 9.82. The minimum absolute atomic E-state index is 0.0305. The molecule has 2 N–H and O–H groups in total. The predicted octanol–water partition coefficient (Wildman–Crippen LogP) is 3.68. The summed E-state index contributed by atoms with van der Waals surface area (Å²) in [4.78, 5) is 40.3. The van der Waals surface area contributed by atoms with E-state index in [2.05, 4.69) is 31.4 Å². The Balaban J connectivity index is 1.45. The average Bonchev–Trinajstić information content (AvgIpc) is 2.70. The number of pyridine rings is 1. The van der Waals surface area contributed by atoms with E-state index in [4.69, 9.17) is 0 Å². The molecular formula is C24H36N4O3. The molecule has 4 rings (SSSR count). The van der Waals surface area contributed by atoms with Crippen molar-refractivity contribution in [1.29, 1.82) is 0 Å². The normalized spacial score (nSPS) is 23.8. The van der Waals surface area contributed by atoms with E-state index in [1.54, 1.807) is 6.07 Å². The second-order valence-corrected chi connectivity index (χ2v) is 10.9. The third-order valence-corrected chi connectivity index (χ3v) is 6.83. The summed E-state index contributed by atoms with van der Waals surface area (Å²) in [5.41, 5.74) is 1.14. The van der Waals surface area contributed by atoms with E-state index in [0.717, 1.165) is 37.8 Å². The Bertz CT molecular complexity index is 895. The zero-order valence-electron chi connectivity index (χ0n) is 19.1. The standard InChI is InChI=1S/C24H36N4O3/c1-24(2,3)12-21(29)27-13-16-11-17(15-27)20-10-9-19(22(30)28(20)14-16)26-23(31)25-18-7-5-4-6-8-18/h9-10,16-18H,4-8,11-15H2,1-3H3,(H2,25,26,31)/t16-,17-/m1/s1. The summed E-state index contributed by atoms with van der Waals surface area (Å²) in [5, 5.41) is 5.79. The molecule has 0 spiro atoms. The van der Waals surface area contributed by atoms with Crippen LogP contribution < -0.4 is 16.2 Å². The van der Waals surface area contributed by atoms with Gasteiger partial charge in [-0.3, -0.25) is 9.59 Å². The van der Waals surface area contributed by atoms with Crippen molar-refractivity contribution < 1.29 is 9.59 Å². The molecule has 1 aliphatic carbocycles. The van der Waals surface area contributed by atoms with Gasteiger partial charge in [0.1, 0.15) is 5.69 Å². The van der Waals surface area contributed by atoms with Gasteiger partial charge in [0, 0.05) is 43.7 Å². The van der Waals surface area contributed by atoms with Crippen molar-refractivity contribution in [1.82, 2.24) is 14.8 Å². The quantitative estimate of drug-likeness (QED) is 0.770. The maximum atomic E-state index is 13.1. The second kappa shape index (κ2) is 8.67. The molecule has 7 nitrogen and oxygen atoms in total. The van der Waals surface area contributed by atoms with Crippen LogP contribution in [0.5, 0.6) is 0 Å². The number of hydrogen-bond donors (Lipinski definition) is 2. The number of carbonyl (C=O) groups is 2. The number of nitrogens with zero attached hydrogens (tertiary/aromatic N) is 2. The molecule has 2 aliphatic heterocycles. The SMILES string of the molecule is CC(C)(C)CC(=O)N1C[C@H]2C[C@H](C1)c1ccc(NC(=O)NC3CCCCC3)c(=O)n1C2. The fourth-order valence-corrected chi connectivity index (χ4v) is 5.40. The van der Waals surface area contributed by atoms with E-state index in [1.165, 1.54) is 6.42 Å². The number of rotatable bonds is 3. The van der Waals surface area contributed by atoms with Crippen molar-refractivity contribution in [3.05, 3.63) is 28.2 Å². The molecule has 0 unspecified atom stereocenters. The molecule has 0 radical (unpaired) electrons. The Morgan fingerprint density at radius 2 is 1.81 bits per heavy atom. The number of carbonyl (C=O) groups excluding carboxylic acids is 2. The van der Waals surface area contributed by atoms with Crippen molar-refractivity contribution in [3.8, 4) is 0 Å². The number of nitrogens with one attached hydrogen (secondary N) is 2. The zero-order chi connectivity index (χ0) is 22.2. The number of aromatic nitrogens is 1. The Hall–Kier alpha value is -2.31. The lowest BCUT2D eigenvalue weighted by molar-refractivity contribution is -0.135. The van der Waals surface area contributed by atoms with Gasteiger partial charge in [-0.05, 0) is 42.7 Å². The van der Waals surface area contributed by atoms with Crippen LogP contribution in [0.25, 0.3) is 0 Å². The molecule has 7 heteroatoms. The van der Waals surface area contributed by atoms with Gasteiger partial charge in [-0.25, -0.2) is 4.79 Å². The third-order valence-electron chi connectivity index (χ3n) is 6.83. The largest absolute Gasteiger partial charge is 0.342 e. The van der Waals surface area contributed by atoms with E-state index in [-0.39, 0.29) is 40.8 Å². The molecule has 170 valence electrons. The first-order chi connectivity index (χ1) is 14.7. The van der Waals surface area contributed by atoms with E-state index in [9.17, 15) is 14.4 Å². The highest BCUT2D eigenvalue weighted by Crippen LogP contribution is 2.36. The van der Waals surface area contributed by atoms with Crippen LogP contribution in [0.2, 0.25) is 0 Å².